The summed E-state index contributed by atoms with van der Waals surface area (Å²) in [6, 6.07) is 2.12. The molecular formula is C10H19NO. The van der Waals surface area contributed by atoms with Crippen LogP contribution in [-0.2, 0) is 0 Å². The number of nitrogens with zero attached hydrogens (tertiary/aromatic N) is 1. The van der Waals surface area contributed by atoms with Crippen LogP contribution < -0.4 is 0 Å². The number of aliphatic hydroxyl groups excluding tert-OH is 1. The quantitative estimate of drug-likeness (QED) is 0.642. The van der Waals surface area contributed by atoms with Crippen LogP contribution in [0.5, 0.6) is 0 Å². The Labute approximate surface area is 75.2 Å². The van der Waals surface area contributed by atoms with Gasteiger partial charge in [0.05, 0.1) is 17.6 Å². The van der Waals surface area contributed by atoms with E-state index in [1.54, 1.807) is 13.8 Å². The highest BCUT2D eigenvalue weighted by Gasteiger charge is 2.26. The molecule has 0 radical (unpaired) electrons. The second-order valence-electron chi connectivity index (χ2n) is 3.85. The average Bonchev–Trinajstić information content (AvgIpc) is 2.05. The fourth-order valence-electron chi connectivity index (χ4n) is 1.02. The lowest BCUT2D eigenvalue weighted by Gasteiger charge is -2.22. The summed E-state index contributed by atoms with van der Waals surface area (Å²) in [7, 11) is 0. The van der Waals surface area contributed by atoms with Crippen molar-refractivity contribution in [1.29, 1.82) is 5.26 Å². The molecule has 2 nitrogen and oxygen atoms in total. The molecule has 0 heterocycles. The van der Waals surface area contributed by atoms with Crippen molar-refractivity contribution in [3.63, 3.8) is 0 Å². The number of rotatable bonds is 5. The fraction of sp³-hybridized carbons (Fsp3) is 0.900. The largest absolute Gasteiger partial charge is 0.391 e. The minimum atomic E-state index is -0.590. The van der Waals surface area contributed by atoms with Crippen LogP contribution in [0, 0.1) is 16.7 Å². The second-order valence-corrected chi connectivity index (χ2v) is 3.85. The topological polar surface area (TPSA) is 44.0 Å². The highest BCUT2D eigenvalue weighted by molar-refractivity contribution is 4.96. The molecule has 0 fully saturated rings. The van der Waals surface area contributed by atoms with Gasteiger partial charge in [-0.1, -0.05) is 26.2 Å². The van der Waals surface area contributed by atoms with Gasteiger partial charge in [-0.25, -0.2) is 0 Å². The Bertz CT molecular complexity index is 158. The molecule has 0 rings (SSSR count). The third-order valence-electron chi connectivity index (χ3n) is 2.20. The number of hydrogen-bond acceptors (Lipinski definition) is 2. The third kappa shape index (κ3) is 3.73. The van der Waals surface area contributed by atoms with Crippen LogP contribution in [0.15, 0.2) is 0 Å². The predicted molar refractivity (Wildman–Crippen MR) is 49.5 cm³/mol. The minimum Gasteiger partial charge on any atom is -0.391 e. The second kappa shape index (κ2) is 5.16. The van der Waals surface area contributed by atoms with Gasteiger partial charge in [0.15, 0.2) is 0 Å². The SMILES string of the molecule is CCCCCC(O)C(C)(C)C#N. The molecule has 0 aromatic rings. The van der Waals surface area contributed by atoms with Crippen molar-refractivity contribution >= 4 is 0 Å². The maximum Gasteiger partial charge on any atom is 0.0776 e. The lowest BCUT2D eigenvalue weighted by Crippen LogP contribution is -2.27. The van der Waals surface area contributed by atoms with E-state index in [0.29, 0.717) is 0 Å². The lowest BCUT2D eigenvalue weighted by atomic mass is 9.85. The van der Waals surface area contributed by atoms with Crippen LogP contribution in [0.1, 0.15) is 46.5 Å². The predicted octanol–water partition coefficient (Wildman–Crippen LogP) is 2.48. The molecule has 0 bridgehead atoms. The van der Waals surface area contributed by atoms with Gasteiger partial charge >= 0.3 is 0 Å². The first-order valence-corrected chi connectivity index (χ1v) is 4.64. The van der Waals surface area contributed by atoms with E-state index in [2.05, 4.69) is 13.0 Å². The van der Waals surface area contributed by atoms with Crippen molar-refractivity contribution < 1.29 is 5.11 Å². The van der Waals surface area contributed by atoms with E-state index in [4.69, 9.17) is 5.26 Å². The summed E-state index contributed by atoms with van der Waals surface area (Å²) in [6.45, 7) is 5.69. The summed E-state index contributed by atoms with van der Waals surface area (Å²) in [6.07, 6.45) is 3.57. The van der Waals surface area contributed by atoms with Gasteiger partial charge in [-0.15, -0.1) is 0 Å². The highest BCUT2D eigenvalue weighted by Crippen LogP contribution is 2.23. The molecule has 70 valence electrons. The molecule has 1 N–H and O–H groups in total. The first-order chi connectivity index (χ1) is 5.54. The summed E-state index contributed by atoms with van der Waals surface area (Å²) in [5.41, 5.74) is -0.590. The van der Waals surface area contributed by atoms with Gasteiger partial charge in [0.2, 0.25) is 0 Å². The average molecular weight is 169 g/mol. The Hall–Kier alpha value is -0.550. The smallest absolute Gasteiger partial charge is 0.0776 e. The summed E-state index contributed by atoms with van der Waals surface area (Å²) < 4.78 is 0. The molecule has 1 unspecified atom stereocenters. The Morgan fingerprint density at radius 1 is 1.42 bits per heavy atom. The van der Waals surface area contributed by atoms with Crippen LogP contribution in [0.4, 0.5) is 0 Å². The third-order valence-corrected chi connectivity index (χ3v) is 2.20. The van der Waals surface area contributed by atoms with E-state index in [1.165, 1.54) is 0 Å². The Balaban J connectivity index is 3.73. The van der Waals surface area contributed by atoms with Crippen molar-refractivity contribution in [3.8, 4) is 6.07 Å². The standard InChI is InChI=1S/C10H19NO/c1-4-5-6-7-9(12)10(2,3)8-11/h9,12H,4-7H2,1-3H3. The highest BCUT2D eigenvalue weighted by atomic mass is 16.3. The fourth-order valence-corrected chi connectivity index (χ4v) is 1.02. The summed E-state index contributed by atoms with van der Waals surface area (Å²) >= 11 is 0. The normalized spacial score (nSPS) is 13.9. The van der Waals surface area contributed by atoms with Crippen molar-refractivity contribution in [2.75, 3.05) is 0 Å². The Morgan fingerprint density at radius 2 is 2.00 bits per heavy atom. The number of hydrogen-bond donors (Lipinski definition) is 1. The first kappa shape index (κ1) is 11.4. The summed E-state index contributed by atoms with van der Waals surface area (Å²) in [4.78, 5) is 0. The van der Waals surface area contributed by atoms with E-state index >= 15 is 0 Å². The van der Waals surface area contributed by atoms with Crippen LogP contribution in [0.2, 0.25) is 0 Å². The summed E-state index contributed by atoms with van der Waals surface area (Å²) in [5, 5.41) is 18.3. The van der Waals surface area contributed by atoms with Crippen molar-refractivity contribution in [2.45, 2.75) is 52.6 Å². The molecule has 0 aliphatic heterocycles. The Morgan fingerprint density at radius 3 is 2.42 bits per heavy atom. The van der Waals surface area contributed by atoms with Crippen LogP contribution in [-0.4, -0.2) is 11.2 Å². The van der Waals surface area contributed by atoms with Gasteiger partial charge in [0.25, 0.3) is 0 Å². The molecular weight excluding hydrogens is 150 g/mol. The zero-order valence-corrected chi connectivity index (χ0v) is 8.30. The Kier molecular flexibility index (Phi) is 4.92. The van der Waals surface area contributed by atoms with Gasteiger partial charge in [0.1, 0.15) is 0 Å². The van der Waals surface area contributed by atoms with E-state index in [-0.39, 0.29) is 0 Å². The molecule has 2 heteroatoms. The molecule has 0 saturated heterocycles. The molecule has 0 amide bonds. The first-order valence-electron chi connectivity index (χ1n) is 4.64. The molecule has 0 aromatic heterocycles. The maximum absolute atomic E-state index is 9.58. The van der Waals surface area contributed by atoms with Crippen molar-refractivity contribution in [2.24, 2.45) is 5.41 Å². The zero-order valence-electron chi connectivity index (χ0n) is 8.30. The number of nitriles is 1. The maximum atomic E-state index is 9.58. The van der Waals surface area contributed by atoms with Gasteiger partial charge in [-0.3, -0.25) is 0 Å². The van der Waals surface area contributed by atoms with Gasteiger partial charge < -0.3 is 5.11 Å². The van der Waals surface area contributed by atoms with E-state index in [1.807, 2.05) is 0 Å². The molecule has 0 saturated carbocycles. The number of unbranched alkanes of at least 4 members (excludes halogenated alkanes) is 2. The molecule has 1 atom stereocenters. The van der Waals surface area contributed by atoms with Crippen molar-refractivity contribution in [3.05, 3.63) is 0 Å². The van der Waals surface area contributed by atoms with E-state index in [9.17, 15) is 5.11 Å². The molecule has 12 heavy (non-hydrogen) atoms. The van der Waals surface area contributed by atoms with Gasteiger partial charge in [-0.05, 0) is 20.3 Å². The summed E-state index contributed by atoms with van der Waals surface area (Å²) in [5.74, 6) is 0. The lowest BCUT2D eigenvalue weighted by molar-refractivity contribution is 0.0759. The monoisotopic (exact) mass is 169 g/mol. The molecule has 0 aliphatic rings. The number of aliphatic hydroxyl groups is 1. The molecule has 0 aliphatic carbocycles. The van der Waals surface area contributed by atoms with Gasteiger partial charge in [0, 0.05) is 0 Å². The van der Waals surface area contributed by atoms with E-state index < -0.39 is 11.5 Å². The van der Waals surface area contributed by atoms with Crippen LogP contribution in [0.3, 0.4) is 0 Å². The van der Waals surface area contributed by atoms with Crippen LogP contribution in [0.25, 0.3) is 0 Å². The molecule has 0 spiro atoms. The minimum absolute atomic E-state index is 0.478. The van der Waals surface area contributed by atoms with Crippen molar-refractivity contribution in [1.82, 2.24) is 0 Å². The molecule has 0 aromatic carbocycles. The van der Waals surface area contributed by atoms with Gasteiger partial charge in [-0.2, -0.15) is 5.26 Å². The van der Waals surface area contributed by atoms with Crippen LogP contribution >= 0.6 is 0 Å². The van der Waals surface area contributed by atoms with E-state index in [0.717, 1.165) is 25.7 Å². The zero-order chi connectivity index (χ0) is 9.61.